The van der Waals surface area contributed by atoms with Crippen LogP contribution in [0.4, 0.5) is 0 Å². The van der Waals surface area contributed by atoms with Gasteiger partial charge >= 0.3 is 0 Å². The van der Waals surface area contributed by atoms with Gasteiger partial charge in [-0.15, -0.1) is 0 Å². The van der Waals surface area contributed by atoms with Crippen molar-refractivity contribution >= 4 is 15.9 Å². The van der Waals surface area contributed by atoms with Gasteiger partial charge in [-0.1, -0.05) is 66.2 Å². The van der Waals surface area contributed by atoms with Crippen molar-refractivity contribution in [3.8, 4) is 11.5 Å². The van der Waals surface area contributed by atoms with Crippen molar-refractivity contribution in [3.05, 3.63) is 59.2 Å². The highest BCUT2D eigenvalue weighted by atomic mass is 79.9. The summed E-state index contributed by atoms with van der Waals surface area (Å²) in [5.74, 6) is 2.13. The van der Waals surface area contributed by atoms with Crippen molar-refractivity contribution < 1.29 is 9.47 Å². The molecule has 0 N–H and O–H groups in total. The molecule has 112 valence electrons. The van der Waals surface area contributed by atoms with Crippen molar-refractivity contribution in [1.82, 2.24) is 0 Å². The van der Waals surface area contributed by atoms with Crippen molar-refractivity contribution in [3.63, 3.8) is 0 Å². The molecule has 0 unspecified atom stereocenters. The molecule has 3 heteroatoms. The second-order valence-electron chi connectivity index (χ2n) is 5.27. The van der Waals surface area contributed by atoms with Crippen LogP contribution in [0, 0.1) is 0 Å². The fraction of sp³-hybridized carbons (Fsp3) is 0.333. The Morgan fingerprint density at radius 3 is 2.33 bits per heavy atom. The molecule has 2 aromatic rings. The van der Waals surface area contributed by atoms with E-state index in [1.165, 1.54) is 5.56 Å². The Bertz CT molecular complexity index is 554. The van der Waals surface area contributed by atoms with Crippen LogP contribution in [0.1, 0.15) is 36.5 Å². The summed E-state index contributed by atoms with van der Waals surface area (Å²) in [6, 6.07) is 14.5. The van der Waals surface area contributed by atoms with Crippen LogP contribution in [-0.4, -0.2) is 7.11 Å². The lowest BCUT2D eigenvalue weighted by molar-refractivity contribution is 0.282. The Balaban J connectivity index is 2.12. The Labute approximate surface area is 135 Å². The van der Waals surface area contributed by atoms with Crippen LogP contribution in [-0.2, 0) is 11.9 Å². The maximum absolute atomic E-state index is 5.98. The van der Waals surface area contributed by atoms with E-state index in [-0.39, 0.29) is 0 Å². The predicted octanol–water partition coefficient (Wildman–Crippen LogP) is 5.29. The van der Waals surface area contributed by atoms with Crippen LogP contribution < -0.4 is 9.47 Å². The fourth-order valence-corrected chi connectivity index (χ4v) is 2.59. The first-order chi connectivity index (χ1) is 10.2. The van der Waals surface area contributed by atoms with E-state index in [1.54, 1.807) is 7.11 Å². The van der Waals surface area contributed by atoms with E-state index in [0.29, 0.717) is 12.5 Å². The monoisotopic (exact) mass is 348 g/mol. The Morgan fingerprint density at radius 2 is 1.76 bits per heavy atom. The molecule has 0 aliphatic heterocycles. The number of para-hydroxylation sites is 1. The molecule has 0 saturated carbocycles. The molecule has 0 amide bonds. The van der Waals surface area contributed by atoms with E-state index >= 15 is 0 Å². The smallest absolute Gasteiger partial charge is 0.165 e. The van der Waals surface area contributed by atoms with Gasteiger partial charge in [-0.25, -0.2) is 0 Å². The minimum atomic E-state index is 0.540. The van der Waals surface area contributed by atoms with Gasteiger partial charge in [0, 0.05) is 10.9 Å². The molecule has 2 aromatic carbocycles. The summed E-state index contributed by atoms with van der Waals surface area (Å²) in [5, 5.41) is 0.742. The van der Waals surface area contributed by atoms with Gasteiger partial charge in [0.2, 0.25) is 0 Å². The standard InChI is InChI=1S/C18H21BrO2/c1-13(2)15-9-7-14(8-10-15)12-21-18-16(11-19)5-4-6-17(18)20-3/h4-10,13H,11-12H2,1-3H3. The quantitative estimate of drug-likeness (QED) is 0.660. The Hall–Kier alpha value is -1.48. The van der Waals surface area contributed by atoms with Gasteiger partial charge in [-0.3, -0.25) is 0 Å². The van der Waals surface area contributed by atoms with E-state index in [1.807, 2.05) is 18.2 Å². The molecule has 2 rings (SSSR count). The summed E-state index contributed by atoms with van der Waals surface area (Å²) in [7, 11) is 1.66. The van der Waals surface area contributed by atoms with Gasteiger partial charge in [0.15, 0.2) is 11.5 Å². The zero-order valence-electron chi connectivity index (χ0n) is 12.7. The summed E-state index contributed by atoms with van der Waals surface area (Å²) in [6.45, 7) is 4.93. The first kappa shape index (κ1) is 15.9. The van der Waals surface area contributed by atoms with Crippen LogP contribution in [0.25, 0.3) is 0 Å². The highest BCUT2D eigenvalue weighted by Crippen LogP contribution is 2.33. The molecule has 0 spiro atoms. The number of halogens is 1. The number of hydrogen-bond donors (Lipinski definition) is 0. The van der Waals surface area contributed by atoms with E-state index in [4.69, 9.17) is 9.47 Å². The predicted molar refractivity (Wildman–Crippen MR) is 90.5 cm³/mol. The van der Waals surface area contributed by atoms with E-state index in [2.05, 4.69) is 54.0 Å². The summed E-state index contributed by atoms with van der Waals surface area (Å²) in [4.78, 5) is 0. The van der Waals surface area contributed by atoms with Gasteiger partial charge in [-0.2, -0.15) is 0 Å². The number of alkyl halides is 1. The molecule has 21 heavy (non-hydrogen) atoms. The number of ether oxygens (including phenoxy) is 2. The lowest BCUT2D eigenvalue weighted by Gasteiger charge is -2.14. The third-order valence-electron chi connectivity index (χ3n) is 3.45. The topological polar surface area (TPSA) is 18.5 Å². The lowest BCUT2D eigenvalue weighted by Crippen LogP contribution is -2.00. The lowest BCUT2D eigenvalue weighted by atomic mass is 10.0. The van der Waals surface area contributed by atoms with Gasteiger partial charge < -0.3 is 9.47 Å². The van der Waals surface area contributed by atoms with Gasteiger partial charge in [-0.05, 0) is 23.1 Å². The molecular formula is C18H21BrO2. The third kappa shape index (κ3) is 4.01. The first-order valence-corrected chi connectivity index (χ1v) is 8.21. The largest absolute Gasteiger partial charge is 0.493 e. The SMILES string of the molecule is COc1cccc(CBr)c1OCc1ccc(C(C)C)cc1. The third-order valence-corrected chi connectivity index (χ3v) is 4.06. The molecule has 0 aliphatic rings. The molecule has 0 heterocycles. The second-order valence-corrected chi connectivity index (χ2v) is 5.83. The zero-order valence-corrected chi connectivity index (χ0v) is 14.3. The van der Waals surface area contributed by atoms with Gasteiger partial charge in [0.1, 0.15) is 6.61 Å². The van der Waals surface area contributed by atoms with Gasteiger partial charge in [0.05, 0.1) is 7.11 Å². The van der Waals surface area contributed by atoms with Crippen LogP contribution in [0.5, 0.6) is 11.5 Å². The van der Waals surface area contributed by atoms with Crippen molar-refractivity contribution in [2.75, 3.05) is 7.11 Å². The number of benzene rings is 2. The molecule has 0 aromatic heterocycles. The number of rotatable bonds is 6. The first-order valence-electron chi connectivity index (χ1n) is 7.09. The highest BCUT2D eigenvalue weighted by molar-refractivity contribution is 9.08. The minimum absolute atomic E-state index is 0.540. The molecule has 2 nitrogen and oxygen atoms in total. The zero-order chi connectivity index (χ0) is 15.2. The maximum atomic E-state index is 5.98. The molecule has 0 atom stereocenters. The average molecular weight is 349 g/mol. The fourth-order valence-electron chi connectivity index (χ4n) is 2.15. The minimum Gasteiger partial charge on any atom is -0.493 e. The number of methoxy groups -OCH3 is 1. The Kier molecular flexibility index (Phi) is 5.68. The van der Waals surface area contributed by atoms with Crippen LogP contribution >= 0.6 is 15.9 Å². The van der Waals surface area contributed by atoms with Gasteiger partial charge in [0.25, 0.3) is 0 Å². The molecule has 0 aliphatic carbocycles. The Morgan fingerprint density at radius 1 is 1.05 bits per heavy atom. The van der Waals surface area contributed by atoms with Crippen molar-refractivity contribution in [2.24, 2.45) is 0 Å². The van der Waals surface area contributed by atoms with E-state index in [0.717, 1.165) is 28.0 Å². The van der Waals surface area contributed by atoms with E-state index < -0.39 is 0 Å². The summed E-state index contributed by atoms with van der Waals surface area (Å²) < 4.78 is 11.4. The van der Waals surface area contributed by atoms with Crippen molar-refractivity contribution in [1.29, 1.82) is 0 Å². The van der Waals surface area contributed by atoms with Crippen LogP contribution in [0.3, 0.4) is 0 Å². The highest BCUT2D eigenvalue weighted by Gasteiger charge is 2.10. The van der Waals surface area contributed by atoms with Crippen LogP contribution in [0.15, 0.2) is 42.5 Å². The van der Waals surface area contributed by atoms with E-state index in [9.17, 15) is 0 Å². The maximum Gasteiger partial charge on any atom is 0.165 e. The molecule has 0 fully saturated rings. The summed E-state index contributed by atoms with van der Waals surface area (Å²) >= 11 is 3.49. The summed E-state index contributed by atoms with van der Waals surface area (Å²) in [6.07, 6.45) is 0. The summed E-state index contributed by atoms with van der Waals surface area (Å²) in [5.41, 5.74) is 3.59. The molecule has 0 saturated heterocycles. The molecular weight excluding hydrogens is 328 g/mol. The van der Waals surface area contributed by atoms with Crippen molar-refractivity contribution in [2.45, 2.75) is 31.7 Å². The molecule has 0 bridgehead atoms. The molecule has 0 radical (unpaired) electrons. The van der Waals surface area contributed by atoms with Crippen LogP contribution in [0.2, 0.25) is 0 Å². The second kappa shape index (κ2) is 7.51. The average Bonchev–Trinajstić information content (AvgIpc) is 2.52. The number of hydrogen-bond acceptors (Lipinski definition) is 2. The normalized spacial score (nSPS) is 10.7.